The molecule has 218 valence electrons. The lowest BCUT2D eigenvalue weighted by molar-refractivity contribution is 0.312. The highest BCUT2D eigenvalue weighted by molar-refractivity contribution is 7.09. The fourth-order valence-corrected chi connectivity index (χ4v) is 12.8. The number of para-hydroxylation sites is 2. The molecule has 0 aliphatic heterocycles. The largest absolute Gasteiger partial charge is 1.09 e. The van der Waals surface area contributed by atoms with Gasteiger partial charge in [0, 0.05) is 23.2 Å². The van der Waals surface area contributed by atoms with E-state index in [4.69, 9.17) is 21.0 Å². The van der Waals surface area contributed by atoms with E-state index < -0.39 is 23.5 Å². The number of pyridine rings is 2. The molecule has 0 aliphatic carbocycles. The van der Waals surface area contributed by atoms with Crippen molar-refractivity contribution in [2.75, 3.05) is 0 Å². The van der Waals surface area contributed by atoms with Gasteiger partial charge in [-0.1, -0.05) is 115 Å². The molecule has 0 amide bonds. The summed E-state index contributed by atoms with van der Waals surface area (Å²) >= 11 is -3.08. The normalized spacial score (nSPS) is 11.4. The van der Waals surface area contributed by atoms with Gasteiger partial charge < -0.3 is 11.1 Å². The predicted octanol–water partition coefficient (Wildman–Crippen LogP) is 6.53. The molecule has 0 radical (unpaired) electrons. The van der Waals surface area contributed by atoms with Gasteiger partial charge in [-0.2, -0.15) is 0 Å². The van der Waals surface area contributed by atoms with Crippen LogP contribution in [0.15, 0.2) is 152 Å². The zero-order valence-electron chi connectivity index (χ0n) is 25.1. The highest BCUT2D eigenvalue weighted by atomic mass is 28.4. The molecule has 5 nitrogen and oxygen atoms in total. The van der Waals surface area contributed by atoms with Crippen LogP contribution in [0.5, 0.6) is 11.5 Å². The molecule has 7 rings (SSSR count). The minimum Gasteiger partial charge on any atom is -0.587 e. The Morgan fingerprint density at radius 2 is 0.889 bits per heavy atom. The number of fused-ring (bicyclic) bond motifs is 2. The summed E-state index contributed by atoms with van der Waals surface area (Å²) in [6.45, 7) is 4.08. The number of aryl methyl sites for hydroxylation is 2. The average Bonchev–Trinajstić information content (AvgIpc) is 3.08. The van der Waals surface area contributed by atoms with E-state index in [0.29, 0.717) is 11.5 Å². The summed E-state index contributed by atoms with van der Waals surface area (Å²) in [6.07, 6.45) is 3.72. The van der Waals surface area contributed by atoms with Gasteiger partial charge in [-0.15, -0.1) is 0 Å². The molecule has 0 bridgehead atoms. The molecule has 2 aromatic heterocycles. The maximum absolute atomic E-state index is 7.53. The van der Waals surface area contributed by atoms with Gasteiger partial charge in [0.25, 0.3) is 8.32 Å². The molecular formula is C38H31AlN2O3Si. The molecule has 7 aromatic rings. The third-order valence-corrected chi connectivity index (χ3v) is 14.4. The van der Waals surface area contributed by atoms with E-state index in [9.17, 15) is 0 Å². The van der Waals surface area contributed by atoms with Crippen LogP contribution >= 0.6 is 0 Å². The van der Waals surface area contributed by atoms with Crippen molar-refractivity contribution >= 4 is 60.8 Å². The quantitative estimate of drug-likeness (QED) is 0.136. The number of rotatable bonds is 9. The first-order valence-corrected chi connectivity index (χ1v) is 18.3. The Labute approximate surface area is 269 Å². The Morgan fingerprint density at radius 1 is 0.489 bits per heavy atom. The zero-order chi connectivity index (χ0) is 30.6. The molecular weight excluding hydrogens is 587 g/mol. The first kappa shape index (κ1) is 29.0. The van der Waals surface area contributed by atoms with Crippen LogP contribution in [0.25, 0.3) is 21.8 Å². The van der Waals surface area contributed by atoms with Crippen molar-refractivity contribution in [2.24, 2.45) is 0 Å². The maximum Gasteiger partial charge on any atom is 1.09 e. The van der Waals surface area contributed by atoms with Gasteiger partial charge in [0.05, 0.1) is 0 Å². The van der Waals surface area contributed by atoms with Crippen molar-refractivity contribution in [3.05, 3.63) is 163 Å². The summed E-state index contributed by atoms with van der Waals surface area (Å²) in [6, 6.07) is 47.6. The second-order valence-electron chi connectivity index (χ2n) is 11.1. The Morgan fingerprint density at radius 3 is 1.29 bits per heavy atom. The molecule has 0 spiro atoms. The van der Waals surface area contributed by atoms with Crippen LogP contribution in [0.1, 0.15) is 11.1 Å². The van der Waals surface area contributed by atoms with Crippen LogP contribution in [0.3, 0.4) is 0 Å². The molecule has 0 atom stereocenters. The van der Waals surface area contributed by atoms with E-state index in [1.165, 1.54) is 0 Å². The van der Waals surface area contributed by atoms with Gasteiger partial charge in [0.15, 0.2) is 0 Å². The minimum absolute atomic E-state index is 0.630. The van der Waals surface area contributed by atoms with Crippen molar-refractivity contribution in [1.29, 1.82) is 0 Å². The first-order valence-electron chi connectivity index (χ1n) is 15.0. The van der Waals surface area contributed by atoms with Crippen LogP contribution in [0, 0.1) is 13.8 Å². The fourth-order valence-electron chi connectivity index (χ4n) is 5.82. The Bertz CT molecular complexity index is 1890. The second-order valence-corrected chi connectivity index (χ2v) is 16.2. The van der Waals surface area contributed by atoms with E-state index in [1.807, 2.05) is 80.8 Å². The third kappa shape index (κ3) is 5.87. The molecule has 0 aliphatic rings. The summed E-state index contributed by atoms with van der Waals surface area (Å²) in [5, 5.41) is 5.31. The van der Waals surface area contributed by atoms with Crippen molar-refractivity contribution in [3.63, 3.8) is 0 Å². The van der Waals surface area contributed by atoms with Crippen molar-refractivity contribution in [3.8, 4) is 11.5 Å². The Hall–Kier alpha value is -4.77. The standard InChI is InChI=1S/C18H15OSi.2C10H9NO.Al/c19-20(16-10-4-1-5-11-16,17-12-6-2-7-13-17)18-14-8-3-9-15-18;2*1-7-5-8-3-2-4-9(12)10(8)11-6-7;/h1-15H;2*2-6,12H,1H3;/q-1;;;+3/p-2. The topological polar surface area (TPSA) is 53.5 Å². The highest BCUT2D eigenvalue weighted by Crippen LogP contribution is 2.29. The monoisotopic (exact) mass is 618 g/mol. The SMILES string of the molecule is Cc1cnc2c([O][Al]([O]c3cccc4cc(C)cnc34)[O][Si](c3ccccc3)(c3ccccc3)c3ccccc3)cccc2c1. The number of nitrogens with zero attached hydrogens (tertiary/aromatic N) is 2. The van der Waals surface area contributed by atoms with Crippen LogP contribution in [-0.2, 0) is 3.48 Å². The molecule has 0 fully saturated rings. The van der Waals surface area contributed by atoms with Crippen LogP contribution in [0.4, 0.5) is 0 Å². The van der Waals surface area contributed by atoms with Crippen LogP contribution in [-0.4, -0.2) is 33.4 Å². The van der Waals surface area contributed by atoms with Gasteiger partial charge in [0.2, 0.25) is 0 Å². The number of benzene rings is 5. The van der Waals surface area contributed by atoms with E-state index in [1.54, 1.807) is 0 Å². The highest BCUT2D eigenvalue weighted by Gasteiger charge is 2.53. The van der Waals surface area contributed by atoms with E-state index in [0.717, 1.165) is 48.5 Å². The van der Waals surface area contributed by atoms with Crippen molar-refractivity contribution in [2.45, 2.75) is 13.8 Å². The molecule has 7 heteroatoms. The summed E-state index contributed by atoms with van der Waals surface area (Å²) in [4.78, 5) is 9.51. The van der Waals surface area contributed by atoms with Gasteiger partial charge in [-0.25, -0.2) is 0 Å². The first-order chi connectivity index (χ1) is 22.1. The molecule has 45 heavy (non-hydrogen) atoms. The van der Waals surface area contributed by atoms with Crippen LogP contribution < -0.4 is 23.1 Å². The molecule has 2 heterocycles. The lowest BCUT2D eigenvalue weighted by atomic mass is 10.2. The van der Waals surface area contributed by atoms with Gasteiger partial charge in [0.1, 0.15) is 22.5 Å². The van der Waals surface area contributed by atoms with Crippen molar-refractivity contribution in [1.82, 2.24) is 9.97 Å². The molecule has 0 unspecified atom stereocenters. The molecule has 0 saturated heterocycles. The van der Waals surface area contributed by atoms with Gasteiger partial charge in [-0.3, -0.25) is 9.97 Å². The molecule has 0 N–H and O–H groups in total. The maximum atomic E-state index is 7.53. The summed E-state index contributed by atoms with van der Waals surface area (Å²) in [7, 11) is -3.18. The summed E-state index contributed by atoms with van der Waals surface area (Å²) in [5.74, 6) is 1.26. The minimum atomic E-state index is -3.18. The van der Waals surface area contributed by atoms with Crippen LogP contribution in [0.2, 0.25) is 0 Å². The van der Waals surface area contributed by atoms with E-state index in [2.05, 4.69) is 84.9 Å². The zero-order valence-corrected chi connectivity index (χ0v) is 27.3. The molecule has 0 saturated carbocycles. The van der Waals surface area contributed by atoms with E-state index >= 15 is 0 Å². The number of hydrogen-bond acceptors (Lipinski definition) is 5. The Balaban J connectivity index is 1.43. The second kappa shape index (κ2) is 12.7. The summed E-state index contributed by atoms with van der Waals surface area (Å²) < 4.78 is 21.3. The fraction of sp³-hybridized carbons (Fsp3) is 0.0526. The van der Waals surface area contributed by atoms with Crippen molar-refractivity contribution < 1.29 is 11.1 Å². The Kier molecular flexibility index (Phi) is 8.17. The van der Waals surface area contributed by atoms with Gasteiger partial charge in [-0.05, 0) is 64.8 Å². The number of hydrogen-bond donors (Lipinski definition) is 0. The lowest BCUT2D eigenvalue weighted by Crippen LogP contribution is -2.72. The van der Waals surface area contributed by atoms with Gasteiger partial charge >= 0.3 is 15.1 Å². The van der Waals surface area contributed by atoms with E-state index in [-0.39, 0.29) is 0 Å². The smallest absolute Gasteiger partial charge is 0.587 e. The lowest BCUT2D eigenvalue weighted by Gasteiger charge is -2.35. The third-order valence-electron chi connectivity index (χ3n) is 7.88. The summed E-state index contributed by atoms with van der Waals surface area (Å²) in [5.41, 5.74) is 3.71. The number of aromatic nitrogens is 2. The predicted molar refractivity (Wildman–Crippen MR) is 185 cm³/mol. The molecule has 5 aromatic carbocycles. The average molecular weight is 619 g/mol.